The maximum absolute atomic E-state index is 10.7. The molecule has 3 aromatic rings. The molecule has 0 fully saturated rings. The molecule has 0 aliphatic rings. The van der Waals surface area contributed by atoms with Crippen molar-refractivity contribution in [2.24, 2.45) is 0 Å². The molecule has 0 aromatic heterocycles. The van der Waals surface area contributed by atoms with Gasteiger partial charge in [-0.15, -0.1) is 0 Å². The zero-order valence-electron chi connectivity index (χ0n) is 13.4. The van der Waals surface area contributed by atoms with Crippen LogP contribution in [0.15, 0.2) is 72.8 Å². The summed E-state index contributed by atoms with van der Waals surface area (Å²) < 4.78 is 0. The van der Waals surface area contributed by atoms with Gasteiger partial charge in [0.25, 0.3) is 0 Å². The lowest BCUT2D eigenvalue weighted by molar-refractivity contribution is 0.204. The highest BCUT2D eigenvalue weighted by atomic mass is 16.3. The predicted octanol–water partition coefficient (Wildman–Crippen LogP) is 3.86. The summed E-state index contributed by atoms with van der Waals surface area (Å²) in [5, 5.41) is 31.9. The summed E-state index contributed by atoms with van der Waals surface area (Å²) in [6.07, 6.45) is -1.90. The summed E-state index contributed by atoms with van der Waals surface area (Å²) in [5.74, 6) is -0.0756. The number of hydrogen-bond acceptors (Lipinski definition) is 3. The third-order valence-corrected chi connectivity index (χ3v) is 4.13. The van der Waals surface area contributed by atoms with E-state index in [9.17, 15) is 15.3 Å². The number of aliphatic hydroxyl groups is 2. The largest absolute Gasteiger partial charge is 0.507 e. The van der Waals surface area contributed by atoms with Crippen LogP contribution in [0.4, 0.5) is 0 Å². The van der Waals surface area contributed by atoms with E-state index in [2.05, 4.69) is 0 Å². The van der Waals surface area contributed by atoms with Crippen LogP contribution in [-0.4, -0.2) is 15.3 Å². The fourth-order valence-electron chi connectivity index (χ4n) is 2.88. The first-order chi connectivity index (χ1) is 11.6. The second-order valence-electron chi connectivity index (χ2n) is 5.92. The van der Waals surface area contributed by atoms with Gasteiger partial charge in [-0.1, -0.05) is 66.2 Å². The van der Waals surface area contributed by atoms with Gasteiger partial charge in [0.2, 0.25) is 0 Å². The molecule has 0 radical (unpaired) electrons. The average molecular weight is 320 g/mol. The summed E-state index contributed by atoms with van der Waals surface area (Å²) in [4.78, 5) is 0. The van der Waals surface area contributed by atoms with Crippen molar-refractivity contribution in [2.45, 2.75) is 19.1 Å². The molecule has 0 aliphatic carbocycles. The molecular formula is C21H20O3. The summed E-state index contributed by atoms with van der Waals surface area (Å²) in [6.45, 7) is 1.88. The van der Waals surface area contributed by atoms with Crippen LogP contribution in [-0.2, 0) is 0 Å². The Morgan fingerprint density at radius 3 is 1.42 bits per heavy atom. The molecule has 0 spiro atoms. The number of phenolic OH excluding ortho intramolecular Hbond substituents is 1. The molecule has 3 N–H and O–H groups in total. The zero-order valence-corrected chi connectivity index (χ0v) is 13.4. The number of hydrogen-bond donors (Lipinski definition) is 3. The number of rotatable bonds is 4. The van der Waals surface area contributed by atoms with E-state index in [4.69, 9.17) is 0 Å². The average Bonchev–Trinajstić information content (AvgIpc) is 2.63. The normalized spacial score (nSPS) is 13.5. The molecule has 2 unspecified atom stereocenters. The number of aryl methyl sites for hydroxylation is 1. The Hall–Kier alpha value is -2.62. The van der Waals surface area contributed by atoms with Crippen molar-refractivity contribution in [1.29, 1.82) is 0 Å². The first-order valence-corrected chi connectivity index (χ1v) is 7.87. The minimum atomic E-state index is -0.951. The molecular weight excluding hydrogens is 300 g/mol. The quantitative estimate of drug-likeness (QED) is 0.684. The van der Waals surface area contributed by atoms with Crippen LogP contribution >= 0.6 is 0 Å². The van der Waals surface area contributed by atoms with E-state index in [1.165, 1.54) is 0 Å². The third kappa shape index (κ3) is 3.18. The molecule has 3 nitrogen and oxygen atoms in total. The smallest absolute Gasteiger partial charge is 0.127 e. The molecule has 0 aliphatic heterocycles. The van der Waals surface area contributed by atoms with E-state index in [-0.39, 0.29) is 5.75 Å². The molecule has 122 valence electrons. The third-order valence-electron chi connectivity index (χ3n) is 4.13. The standard InChI is InChI=1S/C21H20O3/c1-14-12-17(19(22)15-8-4-2-5-9-15)21(24)18(13-14)20(23)16-10-6-3-7-11-16/h2-13,19-20,22-24H,1H3. The lowest BCUT2D eigenvalue weighted by Crippen LogP contribution is -2.06. The van der Waals surface area contributed by atoms with E-state index in [1.54, 1.807) is 36.4 Å². The molecule has 24 heavy (non-hydrogen) atoms. The summed E-state index contributed by atoms with van der Waals surface area (Å²) in [6, 6.07) is 21.8. The second kappa shape index (κ2) is 6.87. The topological polar surface area (TPSA) is 60.7 Å². The van der Waals surface area contributed by atoms with E-state index in [0.717, 1.165) is 5.56 Å². The lowest BCUT2D eigenvalue weighted by atomic mass is 9.92. The van der Waals surface area contributed by atoms with Crippen molar-refractivity contribution < 1.29 is 15.3 Å². The van der Waals surface area contributed by atoms with Crippen LogP contribution in [0.25, 0.3) is 0 Å². The summed E-state index contributed by atoms with van der Waals surface area (Å²) in [5.41, 5.74) is 3.04. The predicted molar refractivity (Wildman–Crippen MR) is 93.9 cm³/mol. The van der Waals surface area contributed by atoms with Gasteiger partial charge in [0, 0.05) is 11.1 Å². The summed E-state index contributed by atoms with van der Waals surface area (Å²) in [7, 11) is 0. The van der Waals surface area contributed by atoms with E-state index < -0.39 is 12.2 Å². The van der Waals surface area contributed by atoms with Gasteiger partial charge in [-0.05, 0) is 30.2 Å². The first kappa shape index (κ1) is 16.2. The Balaban J connectivity index is 2.05. The van der Waals surface area contributed by atoms with Crippen molar-refractivity contribution >= 4 is 0 Å². The molecule has 2 atom stereocenters. The maximum atomic E-state index is 10.7. The van der Waals surface area contributed by atoms with Crippen molar-refractivity contribution in [3.05, 3.63) is 101 Å². The van der Waals surface area contributed by atoms with Gasteiger partial charge in [0.1, 0.15) is 18.0 Å². The molecule has 0 heterocycles. The SMILES string of the molecule is Cc1cc(C(O)c2ccccc2)c(O)c(C(O)c2ccccc2)c1. The monoisotopic (exact) mass is 320 g/mol. The van der Waals surface area contributed by atoms with Gasteiger partial charge >= 0.3 is 0 Å². The van der Waals surface area contributed by atoms with Crippen molar-refractivity contribution in [2.75, 3.05) is 0 Å². The summed E-state index contributed by atoms with van der Waals surface area (Å²) >= 11 is 0. The minimum Gasteiger partial charge on any atom is -0.507 e. The number of benzene rings is 3. The van der Waals surface area contributed by atoms with Gasteiger partial charge in [-0.3, -0.25) is 0 Å². The van der Waals surface area contributed by atoms with Gasteiger partial charge in [0.05, 0.1) is 0 Å². The van der Waals surface area contributed by atoms with Crippen LogP contribution in [0.1, 0.15) is 40.0 Å². The highest BCUT2D eigenvalue weighted by molar-refractivity contribution is 5.50. The van der Waals surface area contributed by atoms with Crippen molar-refractivity contribution in [1.82, 2.24) is 0 Å². The molecule has 3 heteroatoms. The van der Waals surface area contributed by atoms with Crippen LogP contribution in [0.5, 0.6) is 5.75 Å². The van der Waals surface area contributed by atoms with E-state index in [1.807, 2.05) is 43.3 Å². The highest BCUT2D eigenvalue weighted by Gasteiger charge is 2.22. The van der Waals surface area contributed by atoms with Gasteiger partial charge in [-0.25, -0.2) is 0 Å². The fraction of sp³-hybridized carbons (Fsp3) is 0.143. The van der Waals surface area contributed by atoms with Gasteiger partial charge in [0.15, 0.2) is 0 Å². The van der Waals surface area contributed by atoms with Crippen LogP contribution in [0.3, 0.4) is 0 Å². The molecule has 0 saturated carbocycles. The van der Waals surface area contributed by atoms with E-state index in [0.29, 0.717) is 22.3 Å². The molecule has 3 aromatic carbocycles. The maximum Gasteiger partial charge on any atom is 0.127 e. The Bertz CT molecular complexity index is 746. The van der Waals surface area contributed by atoms with Crippen LogP contribution in [0.2, 0.25) is 0 Å². The zero-order chi connectivity index (χ0) is 17.1. The van der Waals surface area contributed by atoms with Gasteiger partial charge < -0.3 is 15.3 Å². The minimum absolute atomic E-state index is 0.0756. The van der Waals surface area contributed by atoms with Crippen LogP contribution < -0.4 is 0 Å². The molecule has 0 bridgehead atoms. The fourth-order valence-corrected chi connectivity index (χ4v) is 2.88. The molecule has 3 rings (SSSR count). The van der Waals surface area contributed by atoms with Crippen LogP contribution in [0, 0.1) is 6.92 Å². The number of aromatic hydroxyl groups is 1. The Labute approximate surface area is 141 Å². The Morgan fingerprint density at radius 1 is 0.667 bits per heavy atom. The van der Waals surface area contributed by atoms with Crippen molar-refractivity contribution in [3.63, 3.8) is 0 Å². The van der Waals surface area contributed by atoms with E-state index >= 15 is 0 Å². The first-order valence-electron chi connectivity index (χ1n) is 7.87. The lowest BCUT2D eigenvalue weighted by Gasteiger charge is -2.20. The Kier molecular flexibility index (Phi) is 4.65. The van der Waals surface area contributed by atoms with Crippen molar-refractivity contribution in [3.8, 4) is 5.75 Å². The Morgan fingerprint density at radius 2 is 1.04 bits per heavy atom. The number of phenols is 1. The molecule has 0 saturated heterocycles. The molecule has 0 amide bonds. The highest BCUT2D eigenvalue weighted by Crippen LogP contribution is 2.37. The second-order valence-corrected chi connectivity index (χ2v) is 5.92. The number of aliphatic hydroxyl groups excluding tert-OH is 2. The van der Waals surface area contributed by atoms with Gasteiger partial charge in [-0.2, -0.15) is 0 Å².